The van der Waals surface area contributed by atoms with Gasteiger partial charge in [0.25, 0.3) is 0 Å². The molecule has 1 unspecified atom stereocenters. The summed E-state index contributed by atoms with van der Waals surface area (Å²) in [6, 6.07) is 8.68. The fraction of sp³-hybridized carbons (Fsp3) is 0.217. The Balaban J connectivity index is 1.55. The van der Waals surface area contributed by atoms with Crippen molar-refractivity contribution in [3.05, 3.63) is 71.9 Å². The first-order chi connectivity index (χ1) is 16.7. The van der Waals surface area contributed by atoms with E-state index in [1.165, 1.54) is 6.33 Å². The molecule has 0 amide bonds. The van der Waals surface area contributed by atoms with Crippen LogP contribution < -0.4 is 16.4 Å². The number of alkyl halides is 3. The average molecular weight is 490 g/mol. The second-order valence-electron chi connectivity index (χ2n) is 7.76. The van der Waals surface area contributed by atoms with Crippen LogP contribution in [-0.2, 0) is 12.6 Å². The van der Waals surface area contributed by atoms with Gasteiger partial charge in [-0.05, 0) is 54.3 Å². The van der Waals surface area contributed by atoms with Gasteiger partial charge in [0.15, 0.2) is 5.82 Å². The fourth-order valence-electron chi connectivity index (χ4n) is 3.75. The molecule has 0 saturated heterocycles. The van der Waals surface area contributed by atoms with Gasteiger partial charge in [0.2, 0.25) is 6.35 Å². The molecular weight excluding hydrogens is 468 g/mol. The largest absolute Gasteiger partial charge is 0.416 e. The van der Waals surface area contributed by atoms with Crippen molar-refractivity contribution in [2.24, 2.45) is 0 Å². The minimum atomic E-state index is -4.65. The molecule has 8 nitrogen and oxygen atoms in total. The normalized spacial score (nSPS) is 12.6. The van der Waals surface area contributed by atoms with E-state index in [0.717, 1.165) is 16.7 Å². The average Bonchev–Trinajstić information content (AvgIpc) is 3.18. The van der Waals surface area contributed by atoms with Gasteiger partial charge in [0, 0.05) is 24.1 Å². The second kappa shape index (κ2) is 9.76. The lowest BCUT2D eigenvalue weighted by molar-refractivity contribution is -0.137. The van der Waals surface area contributed by atoms with Gasteiger partial charge in [-0.15, -0.1) is 0 Å². The maximum Gasteiger partial charge on any atom is 0.416 e. The van der Waals surface area contributed by atoms with Crippen molar-refractivity contribution < 1.29 is 27.8 Å². The minimum absolute atomic E-state index is 0.0208. The molecule has 0 saturated carbocycles. The summed E-state index contributed by atoms with van der Waals surface area (Å²) in [5.41, 5.74) is 8.06. The first-order valence-corrected chi connectivity index (χ1v) is 10.6. The van der Waals surface area contributed by atoms with Gasteiger partial charge in [-0.1, -0.05) is 12.1 Å². The number of nitrogen functional groups attached to an aromatic ring is 1. The molecule has 4 aromatic rings. The molecule has 0 spiro atoms. The van der Waals surface area contributed by atoms with Gasteiger partial charge in [0.1, 0.15) is 17.7 Å². The highest BCUT2D eigenvalue weighted by Crippen LogP contribution is 2.34. The molecule has 2 heterocycles. The molecular formula is C23H22F4N6O2. The van der Waals surface area contributed by atoms with Crippen LogP contribution in [0.4, 0.5) is 34.8 Å². The molecule has 0 aliphatic carbocycles. The maximum absolute atomic E-state index is 13.9. The van der Waals surface area contributed by atoms with Gasteiger partial charge < -0.3 is 26.6 Å². The smallest absolute Gasteiger partial charge is 0.396 e. The molecule has 2 aromatic heterocycles. The topological polar surface area (TPSA) is 121 Å². The Labute approximate surface area is 197 Å². The standard InChI is InChI=1S/C23H22F4N6O2/c24-17-8-5-15(23(25,26)27)10-18(17)32-22(35)31-16-6-3-13(4-7-16)19-14(2-1-9-34)11-33-20(19)21(28)29-12-30-33/h3-8,10-12,22,31-32,34-35H,1-2,9H2,(H2,28,29,30). The Morgan fingerprint density at radius 1 is 1.09 bits per heavy atom. The summed E-state index contributed by atoms with van der Waals surface area (Å²) in [6.45, 7) is 0.0208. The monoisotopic (exact) mass is 490 g/mol. The first kappa shape index (κ1) is 24.2. The Morgan fingerprint density at radius 3 is 2.51 bits per heavy atom. The zero-order valence-corrected chi connectivity index (χ0v) is 18.2. The lowest BCUT2D eigenvalue weighted by atomic mass is 9.99. The summed E-state index contributed by atoms with van der Waals surface area (Å²) < 4.78 is 54.3. The number of aliphatic hydroxyl groups is 2. The van der Waals surface area contributed by atoms with Crippen molar-refractivity contribution in [2.75, 3.05) is 23.0 Å². The Kier molecular flexibility index (Phi) is 6.76. The van der Waals surface area contributed by atoms with Crippen LogP contribution in [0.5, 0.6) is 0 Å². The zero-order chi connectivity index (χ0) is 25.2. The number of nitrogens with two attached hydrogens (primary N) is 1. The van der Waals surface area contributed by atoms with Crippen LogP contribution in [0.2, 0.25) is 0 Å². The maximum atomic E-state index is 13.9. The van der Waals surface area contributed by atoms with Crippen LogP contribution in [0.3, 0.4) is 0 Å². The van der Waals surface area contributed by atoms with Gasteiger partial charge in [-0.25, -0.2) is 13.9 Å². The molecule has 6 N–H and O–H groups in total. The molecule has 184 valence electrons. The van der Waals surface area contributed by atoms with E-state index < -0.39 is 29.6 Å². The molecule has 0 bridgehead atoms. The SMILES string of the molecule is Nc1ncnn2cc(CCCO)c(-c3ccc(NC(O)Nc4cc(C(F)(F)F)ccc4F)cc3)c12. The molecule has 12 heteroatoms. The van der Waals surface area contributed by atoms with Gasteiger partial charge >= 0.3 is 6.18 Å². The van der Waals surface area contributed by atoms with Crippen molar-refractivity contribution in [1.29, 1.82) is 0 Å². The van der Waals surface area contributed by atoms with E-state index >= 15 is 0 Å². The predicted octanol–water partition coefficient (Wildman–Crippen LogP) is 3.86. The summed E-state index contributed by atoms with van der Waals surface area (Å²) in [6.07, 6.45) is -1.93. The number of nitrogens with zero attached hydrogens (tertiary/aromatic N) is 3. The van der Waals surface area contributed by atoms with E-state index in [1.54, 1.807) is 28.8 Å². The number of nitrogens with one attached hydrogen (secondary N) is 2. The van der Waals surface area contributed by atoms with Crippen LogP contribution in [-0.4, -0.2) is 37.8 Å². The number of hydrogen-bond acceptors (Lipinski definition) is 7. The highest BCUT2D eigenvalue weighted by molar-refractivity contribution is 5.90. The lowest BCUT2D eigenvalue weighted by Gasteiger charge is -2.18. The summed E-state index contributed by atoms with van der Waals surface area (Å²) >= 11 is 0. The number of anilines is 3. The number of benzene rings is 2. The minimum Gasteiger partial charge on any atom is -0.396 e. The van der Waals surface area contributed by atoms with Crippen LogP contribution in [0, 0.1) is 5.82 Å². The second-order valence-corrected chi connectivity index (χ2v) is 7.76. The number of halogens is 4. The molecule has 0 aliphatic rings. The number of aromatic nitrogens is 3. The van der Waals surface area contributed by atoms with E-state index in [2.05, 4.69) is 20.7 Å². The third-order valence-electron chi connectivity index (χ3n) is 5.35. The van der Waals surface area contributed by atoms with Crippen LogP contribution in [0.25, 0.3) is 16.6 Å². The molecule has 35 heavy (non-hydrogen) atoms. The summed E-state index contributed by atoms with van der Waals surface area (Å²) in [5.74, 6) is -0.653. The Morgan fingerprint density at radius 2 is 1.83 bits per heavy atom. The van der Waals surface area contributed by atoms with Gasteiger partial charge in [-0.2, -0.15) is 18.3 Å². The predicted molar refractivity (Wildman–Crippen MR) is 123 cm³/mol. The van der Waals surface area contributed by atoms with Crippen LogP contribution >= 0.6 is 0 Å². The quantitative estimate of drug-likeness (QED) is 0.188. The molecule has 0 radical (unpaired) electrons. The Hall–Kier alpha value is -3.90. The molecule has 1 atom stereocenters. The van der Waals surface area contributed by atoms with E-state index in [0.29, 0.717) is 42.2 Å². The van der Waals surface area contributed by atoms with Gasteiger partial charge in [0.05, 0.1) is 11.3 Å². The Bertz CT molecular complexity index is 1320. The summed E-state index contributed by atoms with van der Waals surface area (Å²) in [7, 11) is 0. The van der Waals surface area contributed by atoms with Crippen LogP contribution in [0.15, 0.2) is 55.0 Å². The molecule has 4 rings (SSSR count). The highest BCUT2D eigenvalue weighted by Gasteiger charge is 2.31. The highest BCUT2D eigenvalue weighted by atomic mass is 19.4. The van der Waals surface area contributed by atoms with Crippen molar-refractivity contribution in [3.8, 4) is 11.1 Å². The van der Waals surface area contributed by atoms with Crippen molar-refractivity contribution >= 4 is 22.7 Å². The van der Waals surface area contributed by atoms with E-state index in [-0.39, 0.29) is 12.4 Å². The molecule has 0 aliphatic heterocycles. The van der Waals surface area contributed by atoms with Crippen LogP contribution in [0.1, 0.15) is 17.5 Å². The third-order valence-corrected chi connectivity index (χ3v) is 5.35. The fourth-order valence-corrected chi connectivity index (χ4v) is 3.75. The van der Waals surface area contributed by atoms with Gasteiger partial charge in [-0.3, -0.25) is 0 Å². The number of aryl methyl sites for hydroxylation is 1. The number of fused-ring (bicyclic) bond motifs is 1. The van der Waals surface area contributed by atoms with Crippen molar-refractivity contribution in [3.63, 3.8) is 0 Å². The zero-order valence-electron chi connectivity index (χ0n) is 18.2. The van der Waals surface area contributed by atoms with E-state index in [9.17, 15) is 27.8 Å². The summed E-state index contributed by atoms with van der Waals surface area (Å²) in [5, 5.41) is 28.6. The van der Waals surface area contributed by atoms with E-state index in [4.69, 9.17) is 5.73 Å². The molecule has 2 aromatic carbocycles. The first-order valence-electron chi connectivity index (χ1n) is 10.6. The third kappa shape index (κ3) is 5.28. The van der Waals surface area contributed by atoms with Crippen molar-refractivity contribution in [1.82, 2.24) is 14.6 Å². The van der Waals surface area contributed by atoms with E-state index in [1.807, 2.05) is 6.20 Å². The molecule has 0 fully saturated rings. The summed E-state index contributed by atoms with van der Waals surface area (Å²) in [4.78, 5) is 4.05. The lowest BCUT2D eigenvalue weighted by Crippen LogP contribution is -2.28. The number of rotatable bonds is 8. The number of aliphatic hydroxyl groups excluding tert-OH is 2. The number of hydrogen-bond donors (Lipinski definition) is 5. The van der Waals surface area contributed by atoms with Crippen molar-refractivity contribution in [2.45, 2.75) is 25.4 Å².